The maximum atomic E-state index is 14.5. The molecule has 1 heterocycles. The second-order valence-corrected chi connectivity index (χ2v) is 11.2. The number of ketones is 1. The lowest BCUT2D eigenvalue weighted by Crippen LogP contribution is -2.44. The molecule has 5 nitrogen and oxygen atoms in total. The van der Waals surface area contributed by atoms with Gasteiger partial charge >= 0.3 is 0 Å². The van der Waals surface area contributed by atoms with Crippen LogP contribution in [0.1, 0.15) is 31.2 Å². The van der Waals surface area contributed by atoms with Crippen LogP contribution in [0.5, 0.6) is 5.75 Å². The highest BCUT2D eigenvalue weighted by Crippen LogP contribution is 2.43. The summed E-state index contributed by atoms with van der Waals surface area (Å²) in [7, 11) is -4.08. The molecule has 3 aromatic rings. The average Bonchev–Trinajstić information content (AvgIpc) is 3.61. The van der Waals surface area contributed by atoms with Gasteiger partial charge < -0.3 is 4.74 Å². The number of aryl methyl sites for hydroxylation is 1. The Morgan fingerprint density at radius 3 is 2.58 bits per heavy atom. The molecule has 0 N–H and O–H groups in total. The fourth-order valence-electron chi connectivity index (χ4n) is 4.38. The number of nitrogens with zero attached hydrogens (tertiary/aromatic N) is 1. The van der Waals surface area contributed by atoms with Crippen LogP contribution in [-0.2, 0) is 14.8 Å². The number of sulfonamides is 1. The average molecular weight is 516 g/mol. The monoisotopic (exact) mass is 515 g/mol. The van der Waals surface area contributed by atoms with E-state index < -0.39 is 39.2 Å². The predicted octanol–water partition coefficient (Wildman–Crippen LogP) is 5.75. The molecule has 0 aromatic heterocycles. The van der Waals surface area contributed by atoms with Crippen LogP contribution in [0.15, 0.2) is 65.6 Å². The number of hydrogen-bond acceptors (Lipinski definition) is 4. The van der Waals surface area contributed by atoms with Gasteiger partial charge in [0.1, 0.15) is 23.5 Å². The number of ether oxygens (including phenoxy) is 1. The van der Waals surface area contributed by atoms with E-state index in [1.165, 1.54) is 28.6 Å². The Kier molecular flexibility index (Phi) is 6.06. The second-order valence-electron chi connectivity index (χ2n) is 9.33. The summed E-state index contributed by atoms with van der Waals surface area (Å²) < 4.78 is 77.1. The van der Waals surface area contributed by atoms with Gasteiger partial charge in [0, 0.05) is 12.0 Å². The topological polar surface area (TPSA) is 63.7 Å². The van der Waals surface area contributed by atoms with Crippen LogP contribution in [0, 0.1) is 18.6 Å². The molecular weight excluding hydrogens is 491 g/mol. The van der Waals surface area contributed by atoms with Gasteiger partial charge in [-0.05, 0) is 79.8 Å². The highest BCUT2D eigenvalue weighted by Gasteiger charge is 2.50. The lowest BCUT2D eigenvalue weighted by Gasteiger charge is -2.36. The first-order chi connectivity index (χ1) is 17.1. The number of rotatable bonds is 7. The third-order valence-corrected chi connectivity index (χ3v) is 8.37. The van der Waals surface area contributed by atoms with E-state index in [0.29, 0.717) is 0 Å². The van der Waals surface area contributed by atoms with E-state index in [0.717, 1.165) is 23.8 Å². The van der Waals surface area contributed by atoms with Crippen LogP contribution in [0.4, 0.5) is 18.9 Å². The zero-order chi connectivity index (χ0) is 25.7. The third kappa shape index (κ3) is 4.59. The highest BCUT2D eigenvalue weighted by atomic mass is 32.2. The van der Waals surface area contributed by atoms with E-state index >= 15 is 0 Å². The standard InChI is InChI=1S/C27H24F3NO4S/c1-17-3-2-4-21(13-17)36(33,34)31-16-20(7-10-26(32)27(30)11-12-27)35-25-9-5-18(14-24(25)31)22-15-19(28)6-8-23(22)29/h2-6,8-9,13-15,20H,7,10-12,16H2,1H3/t20-/m0/s1. The molecule has 1 fully saturated rings. The van der Waals surface area contributed by atoms with Gasteiger partial charge in [0.25, 0.3) is 10.0 Å². The van der Waals surface area contributed by atoms with Crippen molar-refractivity contribution < 1.29 is 31.1 Å². The largest absolute Gasteiger partial charge is 0.486 e. The number of halogens is 3. The Morgan fingerprint density at radius 2 is 1.86 bits per heavy atom. The van der Waals surface area contributed by atoms with Gasteiger partial charge in [-0.3, -0.25) is 9.10 Å². The van der Waals surface area contributed by atoms with E-state index in [1.54, 1.807) is 25.1 Å². The van der Waals surface area contributed by atoms with Crippen LogP contribution < -0.4 is 9.04 Å². The summed E-state index contributed by atoms with van der Waals surface area (Å²) in [6.45, 7) is 1.65. The van der Waals surface area contributed by atoms with Crippen molar-refractivity contribution in [1.29, 1.82) is 0 Å². The normalized spacial score (nSPS) is 18.3. The molecule has 1 aliphatic heterocycles. The number of benzene rings is 3. The molecule has 36 heavy (non-hydrogen) atoms. The molecule has 0 saturated heterocycles. The Morgan fingerprint density at radius 1 is 1.08 bits per heavy atom. The van der Waals surface area contributed by atoms with Crippen molar-refractivity contribution in [1.82, 2.24) is 0 Å². The van der Waals surface area contributed by atoms with Crippen molar-refractivity contribution in [2.24, 2.45) is 0 Å². The number of carbonyl (C=O) groups is 1. The van der Waals surface area contributed by atoms with Gasteiger partial charge in [-0.2, -0.15) is 0 Å². The van der Waals surface area contributed by atoms with Gasteiger partial charge in [0.2, 0.25) is 0 Å². The third-order valence-electron chi connectivity index (χ3n) is 6.59. The fourth-order valence-corrected chi connectivity index (χ4v) is 5.99. The molecule has 1 aliphatic carbocycles. The predicted molar refractivity (Wildman–Crippen MR) is 129 cm³/mol. The Labute approximate surface area is 207 Å². The molecule has 188 valence electrons. The van der Waals surface area contributed by atoms with E-state index in [2.05, 4.69) is 0 Å². The Bertz CT molecular complexity index is 1450. The summed E-state index contributed by atoms with van der Waals surface area (Å²) in [4.78, 5) is 12.2. The van der Waals surface area contributed by atoms with E-state index in [4.69, 9.17) is 4.74 Å². The second kappa shape index (κ2) is 8.96. The molecule has 1 atom stereocenters. The summed E-state index contributed by atoms with van der Waals surface area (Å²) in [5, 5.41) is 0. The minimum atomic E-state index is -4.08. The Balaban J connectivity index is 1.54. The summed E-state index contributed by atoms with van der Waals surface area (Å²) in [5.74, 6) is -1.56. The molecule has 0 unspecified atom stereocenters. The van der Waals surface area contributed by atoms with Crippen LogP contribution in [0.25, 0.3) is 11.1 Å². The van der Waals surface area contributed by atoms with Crippen molar-refractivity contribution in [2.75, 3.05) is 10.8 Å². The minimum absolute atomic E-state index is 0.0175. The van der Waals surface area contributed by atoms with Crippen molar-refractivity contribution in [3.63, 3.8) is 0 Å². The molecule has 5 rings (SSSR count). The van der Waals surface area contributed by atoms with Gasteiger partial charge in [0.05, 0.1) is 17.1 Å². The molecule has 0 radical (unpaired) electrons. The van der Waals surface area contributed by atoms with Crippen LogP contribution >= 0.6 is 0 Å². The van der Waals surface area contributed by atoms with Gasteiger partial charge in [-0.1, -0.05) is 18.2 Å². The lowest BCUT2D eigenvalue weighted by atomic mass is 10.0. The zero-order valence-electron chi connectivity index (χ0n) is 19.5. The van der Waals surface area contributed by atoms with Crippen LogP contribution in [-0.4, -0.2) is 32.5 Å². The molecule has 3 aromatic carbocycles. The number of fused-ring (bicyclic) bond motifs is 1. The molecule has 2 aliphatic rings. The van der Waals surface area contributed by atoms with Crippen LogP contribution in [0.2, 0.25) is 0 Å². The maximum absolute atomic E-state index is 14.5. The number of hydrogen-bond donors (Lipinski definition) is 0. The molecule has 0 bridgehead atoms. The molecular formula is C27H24F3NO4S. The number of carbonyl (C=O) groups excluding carboxylic acids is 1. The summed E-state index contributed by atoms with van der Waals surface area (Å²) in [5.41, 5.74) is -0.579. The van der Waals surface area contributed by atoms with Crippen molar-refractivity contribution in [3.05, 3.63) is 77.9 Å². The highest BCUT2D eigenvalue weighted by molar-refractivity contribution is 7.92. The van der Waals surface area contributed by atoms with Crippen molar-refractivity contribution in [2.45, 2.75) is 49.3 Å². The first-order valence-corrected chi connectivity index (χ1v) is 13.1. The van der Waals surface area contributed by atoms with Gasteiger partial charge in [0.15, 0.2) is 11.5 Å². The Hall–Kier alpha value is -3.33. The number of alkyl halides is 1. The van der Waals surface area contributed by atoms with Crippen molar-refractivity contribution >= 4 is 21.5 Å². The van der Waals surface area contributed by atoms with Crippen LogP contribution in [0.3, 0.4) is 0 Å². The smallest absolute Gasteiger partial charge is 0.264 e. The minimum Gasteiger partial charge on any atom is -0.486 e. The fraction of sp³-hybridized carbons (Fsp3) is 0.296. The van der Waals surface area contributed by atoms with E-state index in [1.807, 2.05) is 0 Å². The molecule has 1 saturated carbocycles. The van der Waals surface area contributed by atoms with E-state index in [-0.39, 0.29) is 59.7 Å². The summed E-state index contributed by atoms with van der Waals surface area (Å²) in [6, 6.07) is 13.9. The number of Topliss-reactive ketones (excluding diaryl/α,β-unsaturated/α-hetero) is 1. The SMILES string of the molecule is Cc1cccc(S(=O)(=O)N2C[C@H](CCC(=O)C3(F)CC3)Oc3ccc(-c4cc(F)ccc4F)cc32)c1. The van der Waals surface area contributed by atoms with Crippen molar-refractivity contribution in [3.8, 4) is 16.9 Å². The first-order valence-electron chi connectivity index (χ1n) is 11.6. The first kappa shape index (κ1) is 24.4. The molecule has 0 spiro atoms. The summed E-state index contributed by atoms with van der Waals surface area (Å²) >= 11 is 0. The quantitative estimate of drug-likeness (QED) is 0.402. The van der Waals surface area contributed by atoms with Gasteiger partial charge in [-0.15, -0.1) is 0 Å². The van der Waals surface area contributed by atoms with Gasteiger partial charge in [-0.25, -0.2) is 21.6 Å². The molecule has 9 heteroatoms. The lowest BCUT2D eigenvalue weighted by molar-refractivity contribution is -0.125. The molecule has 0 amide bonds. The number of anilines is 1. The summed E-state index contributed by atoms with van der Waals surface area (Å²) in [6.07, 6.45) is -0.188. The zero-order valence-corrected chi connectivity index (χ0v) is 20.3. The maximum Gasteiger partial charge on any atom is 0.264 e. The van der Waals surface area contributed by atoms with E-state index in [9.17, 15) is 26.4 Å².